The first-order valence-electron chi connectivity index (χ1n) is 5.41. The fraction of sp³-hybridized carbons (Fsp3) is 0.600. The van der Waals surface area contributed by atoms with Crippen molar-refractivity contribution in [2.75, 3.05) is 0 Å². The number of aliphatic hydroxyl groups excluding tert-OH is 1. The average Bonchev–Trinajstić information content (AvgIpc) is 2.75. The molecule has 1 fully saturated rings. The third-order valence-electron chi connectivity index (χ3n) is 2.90. The van der Waals surface area contributed by atoms with Crippen LogP contribution in [0, 0.1) is 0 Å². The highest BCUT2D eigenvalue weighted by atomic mass is 32.2. The molecule has 1 aliphatic rings. The van der Waals surface area contributed by atoms with Crippen molar-refractivity contribution in [2.24, 2.45) is 0 Å². The molecule has 1 aromatic rings. The summed E-state index contributed by atoms with van der Waals surface area (Å²) >= 11 is 0. The maximum Gasteiger partial charge on any atom is 0.242 e. The SMILES string of the molecule is O=S(=O)(NC1CCC(O)CC1)c1cc[nH]c1. The van der Waals surface area contributed by atoms with Gasteiger partial charge in [-0.05, 0) is 31.7 Å². The summed E-state index contributed by atoms with van der Waals surface area (Å²) in [4.78, 5) is 2.98. The number of H-pyrrole nitrogens is 1. The Kier molecular flexibility index (Phi) is 3.32. The van der Waals surface area contributed by atoms with Gasteiger partial charge in [0.15, 0.2) is 0 Å². The first kappa shape index (κ1) is 11.6. The molecule has 0 radical (unpaired) electrons. The first-order chi connectivity index (χ1) is 7.58. The van der Waals surface area contributed by atoms with Crippen molar-refractivity contribution in [3.8, 4) is 0 Å². The molecule has 1 heterocycles. The fourth-order valence-electron chi connectivity index (χ4n) is 1.96. The minimum atomic E-state index is -3.40. The van der Waals surface area contributed by atoms with Gasteiger partial charge in [0.2, 0.25) is 10.0 Å². The van der Waals surface area contributed by atoms with Crippen molar-refractivity contribution in [3.63, 3.8) is 0 Å². The summed E-state index contributed by atoms with van der Waals surface area (Å²) in [6.45, 7) is 0. The third-order valence-corrected chi connectivity index (χ3v) is 4.42. The Bertz CT molecular complexity index is 419. The van der Waals surface area contributed by atoms with E-state index >= 15 is 0 Å². The number of aromatic amines is 1. The van der Waals surface area contributed by atoms with Crippen LogP contribution in [0.15, 0.2) is 23.4 Å². The molecular formula is C10H16N2O3S. The van der Waals surface area contributed by atoms with Gasteiger partial charge in [-0.25, -0.2) is 13.1 Å². The lowest BCUT2D eigenvalue weighted by Gasteiger charge is -2.25. The second-order valence-electron chi connectivity index (χ2n) is 4.17. The van der Waals surface area contributed by atoms with E-state index in [2.05, 4.69) is 9.71 Å². The van der Waals surface area contributed by atoms with Crippen molar-refractivity contribution in [2.45, 2.75) is 42.7 Å². The summed E-state index contributed by atoms with van der Waals surface area (Å²) in [6, 6.07) is 1.48. The Morgan fingerprint density at radius 1 is 1.31 bits per heavy atom. The van der Waals surface area contributed by atoms with Crippen LogP contribution in [0.5, 0.6) is 0 Å². The number of sulfonamides is 1. The summed E-state index contributed by atoms with van der Waals surface area (Å²) in [7, 11) is -3.40. The molecule has 1 saturated carbocycles. The number of aliphatic hydroxyl groups is 1. The lowest BCUT2D eigenvalue weighted by molar-refractivity contribution is 0.120. The van der Waals surface area contributed by atoms with E-state index < -0.39 is 10.0 Å². The van der Waals surface area contributed by atoms with Crippen LogP contribution in [0.1, 0.15) is 25.7 Å². The number of hydrogen-bond acceptors (Lipinski definition) is 3. The fourth-order valence-corrected chi connectivity index (χ4v) is 3.24. The lowest BCUT2D eigenvalue weighted by atomic mass is 9.94. The third kappa shape index (κ3) is 2.63. The van der Waals surface area contributed by atoms with Crippen LogP contribution in [-0.4, -0.2) is 30.7 Å². The van der Waals surface area contributed by atoms with E-state index in [1.54, 1.807) is 6.20 Å². The summed E-state index contributed by atoms with van der Waals surface area (Å²) in [5, 5.41) is 9.33. The molecule has 2 rings (SSSR count). The van der Waals surface area contributed by atoms with Gasteiger partial charge in [0, 0.05) is 18.4 Å². The normalized spacial score (nSPS) is 26.8. The van der Waals surface area contributed by atoms with Gasteiger partial charge < -0.3 is 10.1 Å². The molecule has 0 aromatic carbocycles. The molecule has 5 nitrogen and oxygen atoms in total. The summed E-state index contributed by atoms with van der Waals surface area (Å²) < 4.78 is 26.4. The van der Waals surface area contributed by atoms with Crippen LogP contribution in [-0.2, 0) is 10.0 Å². The predicted octanol–water partition coefficient (Wildman–Crippen LogP) is 0.596. The lowest BCUT2D eigenvalue weighted by Crippen LogP contribution is -2.38. The molecule has 1 aliphatic carbocycles. The average molecular weight is 244 g/mol. The molecule has 90 valence electrons. The van der Waals surface area contributed by atoms with Crippen molar-refractivity contribution < 1.29 is 13.5 Å². The predicted molar refractivity (Wildman–Crippen MR) is 59.4 cm³/mol. The molecule has 0 saturated heterocycles. The molecule has 0 aliphatic heterocycles. The number of rotatable bonds is 3. The Morgan fingerprint density at radius 3 is 2.56 bits per heavy atom. The van der Waals surface area contributed by atoms with Gasteiger partial charge in [-0.1, -0.05) is 0 Å². The smallest absolute Gasteiger partial charge is 0.242 e. The number of hydrogen-bond donors (Lipinski definition) is 3. The van der Waals surface area contributed by atoms with E-state index in [0.717, 1.165) is 0 Å². The van der Waals surface area contributed by atoms with Gasteiger partial charge in [0.25, 0.3) is 0 Å². The van der Waals surface area contributed by atoms with E-state index in [9.17, 15) is 13.5 Å². The van der Waals surface area contributed by atoms with E-state index in [0.29, 0.717) is 25.7 Å². The standard InChI is InChI=1S/C10H16N2O3S/c13-9-3-1-8(2-4-9)12-16(14,15)10-5-6-11-7-10/h5-9,11-13H,1-4H2. The molecular weight excluding hydrogens is 228 g/mol. The second-order valence-corrected chi connectivity index (χ2v) is 5.89. The van der Waals surface area contributed by atoms with Crippen molar-refractivity contribution in [1.29, 1.82) is 0 Å². The largest absolute Gasteiger partial charge is 0.393 e. The number of nitrogens with one attached hydrogen (secondary N) is 2. The molecule has 3 N–H and O–H groups in total. The van der Waals surface area contributed by atoms with Crippen LogP contribution >= 0.6 is 0 Å². The highest BCUT2D eigenvalue weighted by molar-refractivity contribution is 7.89. The summed E-state index contributed by atoms with van der Waals surface area (Å²) in [6.07, 6.45) is 5.50. The Labute approximate surface area is 94.9 Å². The van der Waals surface area contributed by atoms with Gasteiger partial charge in [-0.2, -0.15) is 0 Å². The Hall–Kier alpha value is -0.850. The topological polar surface area (TPSA) is 82.2 Å². The maximum atomic E-state index is 11.8. The molecule has 1 aromatic heterocycles. The van der Waals surface area contributed by atoms with E-state index in [-0.39, 0.29) is 17.0 Å². The Balaban J connectivity index is 2.00. The van der Waals surface area contributed by atoms with Gasteiger partial charge in [0.1, 0.15) is 0 Å². The summed E-state index contributed by atoms with van der Waals surface area (Å²) in [5.74, 6) is 0. The first-order valence-corrected chi connectivity index (χ1v) is 6.89. The highest BCUT2D eigenvalue weighted by Crippen LogP contribution is 2.20. The van der Waals surface area contributed by atoms with Crippen molar-refractivity contribution in [3.05, 3.63) is 18.5 Å². The quantitative estimate of drug-likeness (QED) is 0.728. The Morgan fingerprint density at radius 2 is 2.00 bits per heavy atom. The van der Waals surface area contributed by atoms with Crippen LogP contribution in [0.2, 0.25) is 0 Å². The van der Waals surface area contributed by atoms with E-state index in [1.807, 2.05) is 0 Å². The van der Waals surface area contributed by atoms with Gasteiger partial charge in [-0.15, -0.1) is 0 Å². The molecule has 0 bridgehead atoms. The van der Waals surface area contributed by atoms with Gasteiger partial charge >= 0.3 is 0 Å². The zero-order valence-corrected chi connectivity index (χ0v) is 9.70. The molecule has 6 heteroatoms. The summed E-state index contributed by atoms with van der Waals surface area (Å²) in [5.41, 5.74) is 0. The van der Waals surface area contributed by atoms with Gasteiger partial charge in [0.05, 0.1) is 11.0 Å². The van der Waals surface area contributed by atoms with Crippen LogP contribution < -0.4 is 4.72 Å². The van der Waals surface area contributed by atoms with Crippen LogP contribution in [0.4, 0.5) is 0 Å². The highest BCUT2D eigenvalue weighted by Gasteiger charge is 2.24. The molecule has 0 spiro atoms. The second kappa shape index (κ2) is 4.57. The maximum absolute atomic E-state index is 11.8. The van der Waals surface area contributed by atoms with Crippen molar-refractivity contribution in [1.82, 2.24) is 9.71 Å². The van der Waals surface area contributed by atoms with Gasteiger partial charge in [-0.3, -0.25) is 0 Å². The number of aromatic nitrogens is 1. The minimum Gasteiger partial charge on any atom is -0.393 e. The zero-order valence-electron chi connectivity index (χ0n) is 8.89. The van der Waals surface area contributed by atoms with Crippen LogP contribution in [0.3, 0.4) is 0 Å². The van der Waals surface area contributed by atoms with E-state index in [1.165, 1.54) is 12.3 Å². The minimum absolute atomic E-state index is 0.0525. The molecule has 16 heavy (non-hydrogen) atoms. The van der Waals surface area contributed by atoms with Crippen molar-refractivity contribution >= 4 is 10.0 Å². The van der Waals surface area contributed by atoms with E-state index in [4.69, 9.17) is 0 Å². The molecule has 0 unspecified atom stereocenters. The molecule has 0 amide bonds. The zero-order chi connectivity index (χ0) is 11.6. The molecule has 0 atom stereocenters. The van der Waals surface area contributed by atoms with Crippen LogP contribution in [0.25, 0.3) is 0 Å². The monoisotopic (exact) mass is 244 g/mol.